The first-order chi connectivity index (χ1) is 24.1. The summed E-state index contributed by atoms with van der Waals surface area (Å²) in [7, 11) is 1.27. The maximum absolute atomic E-state index is 14.4. The zero-order chi connectivity index (χ0) is 35.9. The lowest BCUT2D eigenvalue weighted by molar-refractivity contribution is -0.143. The number of nitrogens with zero attached hydrogens (tertiary/aromatic N) is 3. The van der Waals surface area contributed by atoms with Crippen LogP contribution in [-0.2, 0) is 25.7 Å². The van der Waals surface area contributed by atoms with E-state index in [2.05, 4.69) is 56.2 Å². The Balaban J connectivity index is 1.65. The van der Waals surface area contributed by atoms with Gasteiger partial charge in [-0.2, -0.15) is 5.26 Å². The van der Waals surface area contributed by atoms with Crippen LogP contribution in [-0.4, -0.2) is 43.4 Å². The van der Waals surface area contributed by atoms with Crippen molar-refractivity contribution in [3.63, 3.8) is 0 Å². The third-order valence-corrected chi connectivity index (χ3v) is 9.91. The molecular weight excluding hydrogens is 888 g/mol. The first kappa shape index (κ1) is 37.1. The molecule has 1 atom stereocenters. The number of hydrogen-bond donors (Lipinski definition) is 0. The number of hydrogen-bond acceptors (Lipinski definition) is 11. The highest BCUT2D eigenvalue weighted by atomic mass is 127. The summed E-state index contributed by atoms with van der Waals surface area (Å²) in [4.78, 5) is 44.7. The first-order valence-corrected chi connectivity index (χ1v) is 18.3. The van der Waals surface area contributed by atoms with Crippen LogP contribution >= 0.6 is 56.5 Å². The van der Waals surface area contributed by atoms with Crippen LogP contribution in [0, 0.1) is 18.5 Å². The van der Waals surface area contributed by atoms with Crippen LogP contribution in [0.1, 0.15) is 49.1 Å². The smallest absolute Gasteiger partial charge is 0.343 e. The predicted octanol–water partition coefficient (Wildman–Crippen LogP) is 5.41. The number of nitriles is 1. The Morgan fingerprint density at radius 2 is 1.82 bits per heavy atom. The van der Waals surface area contributed by atoms with Crippen molar-refractivity contribution in [2.24, 2.45) is 4.99 Å². The highest BCUT2D eigenvalue weighted by Crippen LogP contribution is 2.37. The fraction of sp³-hybridized carbons (Fsp3) is 0.250. The van der Waals surface area contributed by atoms with Crippen molar-refractivity contribution in [1.29, 1.82) is 5.26 Å². The molecule has 5 rings (SSSR count). The molecule has 0 fully saturated rings. The third kappa shape index (κ3) is 8.05. The monoisotopic (exact) mass is 919 g/mol. The summed E-state index contributed by atoms with van der Waals surface area (Å²) in [5.74, 6) is 0.0215. The van der Waals surface area contributed by atoms with Gasteiger partial charge in [0.05, 0.1) is 57.4 Å². The van der Waals surface area contributed by atoms with Crippen LogP contribution < -0.4 is 29.1 Å². The average Bonchev–Trinajstić information content (AvgIpc) is 3.40. The molecule has 14 heteroatoms. The van der Waals surface area contributed by atoms with Crippen molar-refractivity contribution >= 4 is 74.5 Å². The number of rotatable bonds is 12. The van der Waals surface area contributed by atoms with E-state index >= 15 is 0 Å². The molecule has 0 unspecified atom stereocenters. The van der Waals surface area contributed by atoms with Crippen LogP contribution in [0.3, 0.4) is 0 Å². The summed E-state index contributed by atoms with van der Waals surface area (Å²) in [6.07, 6.45) is 1.76. The molecule has 50 heavy (non-hydrogen) atoms. The van der Waals surface area contributed by atoms with Gasteiger partial charge >= 0.3 is 11.9 Å². The van der Waals surface area contributed by atoms with Gasteiger partial charge in [0.25, 0.3) is 5.56 Å². The molecule has 0 saturated heterocycles. The lowest BCUT2D eigenvalue weighted by Crippen LogP contribution is -2.40. The molecule has 0 N–H and O–H groups in total. The highest BCUT2D eigenvalue weighted by Gasteiger charge is 2.34. The lowest BCUT2D eigenvalue weighted by atomic mass is 9.95. The molecular formula is C36H31I2N3O8S. The molecule has 258 valence electrons. The number of carbonyl (C=O) groups excluding carboxylic acids is 2. The third-order valence-electron chi connectivity index (χ3n) is 7.51. The lowest BCUT2D eigenvalue weighted by Gasteiger charge is -2.25. The normalized spacial score (nSPS) is 13.9. The molecule has 1 aliphatic rings. The van der Waals surface area contributed by atoms with E-state index in [4.69, 9.17) is 23.7 Å². The number of ether oxygens (including phenoxy) is 5. The van der Waals surface area contributed by atoms with Crippen molar-refractivity contribution in [2.45, 2.75) is 33.4 Å². The molecule has 0 amide bonds. The van der Waals surface area contributed by atoms with Crippen LogP contribution in [0.25, 0.3) is 6.08 Å². The van der Waals surface area contributed by atoms with E-state index in [-0.39, 0.29) is 31.0 Å². The number of esters is 2. The highest BCUT2D eigenvalue weighted by molar-refractivity contribution is 14.1. The standard InChI is InChI=1S/C36H31I2N3O8S/c1-5-46-28-14-21(11-12-27(28)48-19-30(42)45-4)32-31(35(44)47-6-2)20(3)40-36-41(32)34(43)29(50-36)15-24-13-25(37)16-26(38)33(24)49-18-23-10-8-7-9-22(23)17-39/h7-16,32H,5-6,18-19H2,1-4H3/b29-15+/t32-/m0/s1. The van der Waals surface area contributed by atoms with Crippen LogP contribution in [0.15, 0.2) is 75.7 Å². The van der Waals surface area contributed by atoms with Crippen molar-refractivity contribution in [3.05, 3.63) is 115 Å². The van der Waals surface area contributed by atoms with Gasteiger partial charge in [0.1, 0.15) is 12.4 Å². The van der Waals surface area contributed by atoms with Gasteiger partial charge in [0.2, 0.25) is 0 Å². The summed E-state index contributed by atoms with van der Waals surface area (Å²) in [6, 6.07) is 17.4. The van der Waals surface area contributed by atoms with Gasteiger partial charge in [0, 0.05) is 14.7 Å². The Morgan fingerprint density at radius 3 is 2.54 bits per heavy atom. The van der Waals surface area contributed by atoms with Crippen molar-refractivity contribution < 1.29 is 33.3 Å². The number of methoxy groups -OCH3 is 1. The minimum atomic E-state index is -0.907. The van der Waals surface area contributed by atoms with Crippen LogP contribution in [0.4, 0.5) is 0 Å². The van der Waals surface area contributed by atoms with Crippen LogP contribution in [0.5, 0.6) is 17.2 Å². The molecule has 4 aromatic rings. The zero-order valence-corrected chi connectivity index (χ0v) is 32.6. The topological polar surface area (TPSA) is 138 Å². The molecule has 3 aromatic carbocycles. The SMILES string of the molecule is CCOC(=O)C1=C(C)N=c2s/c(=C/c3cc(I)cc(I)c3OCc3ccccc3C#N)c(=O)n2[C@H]1c1ccc(OCC(=O)OC)c(OCC)c1. The quantitative estimate of drug-likeness (QED) is 0.135. The molecule has 0 spiro atoms. The fourth-order valence-electron chi connectivity index (χ4n) is 5.27. The molecule has 0 radical (unpaired) electrons. The largest absolute Gasteiger partial charge is 0.490 e. The molecule has 2 heterocycles. The van der Waals surface area contributed by atoms with Gasteiger partial charge in [-0.05, 0) is 108 Å². The first-order valence-electron chi connectivity index (χ1n) is 15.4. The van der Waals surface area contributed by atoms with Gasteiger partial charge in [0.15, 0.2) is 22.9 Å². The van der Waals surface area contributed by atoms with E-state index in [1.54, 1.807) is 57.2 Å². The number of benzene rings is 3. The second-order valence-electron chi connectivity index (χ2n) is 10.7. The summed E-state index contributed by atoms with van der Waals surface area (Å²) >= 11 is 5.60. The minimum Gasteiger partial charge on any atom is -0.490 e. The second kappa shape index (κ2) is 16.7. The summed E-state index contributed by atoms with van der Waals surface area (Å²) < 4.78 is 31.6. The fourth-order valence-corrected chi connectivity index (χ4v) is 8.35. The van der Waals surface area contributed by atoms with E-state index < -0.39 is 18.0 Å². The van der Waals surface area contributed by atoms with Crippen LogP contribution in [0.2, 0.25) is 0 Å². The molecule has 0 saturated carbocycles. The van der Waals surface area contributed by atoms with Crippen molar-refractivity contribution in [2.75, 3.05) is 26.9 Å². The van der Waals surface area contributed by atoms with Crippen molar-refractivity contribution in [3.8, 4) is 23.3 Å². The number of fused-ring (bicyclic) bond motifs is 1. The van der Waals surface area contributed by atoms with Gasteiger partial charge < -0.3 is 23.7 Å². The predicted molar refractivity (Wildman–Crippen MR) is 203 cm³/mol. The van der Waals surface area contributed by atoms with E-state index in [9.17, 15) is 19.6 Å². The Kier molecular flexibility index (Phi) is 12.4. The van der Waals surface area contributed by atoms with Gasteiger partial charge in [-0.3, -0.25) is 9.36 Å². The second-order valence-corrected chi connectivity index (χ2v) is 14.1. The number of carbonyl (C=O) groups is 2. The van der Waals surface area contributed by atoms with Crippen molar-refractivity contribution in [1.82, 2.24) is 4.57 Å². The Morgan fingerprint density at radius 1 is 1.04 bits per heavy atom. The molecule has 1 aliphatic heterocycles. The van der Waals surface area contributed by atoms with E-state index in [0.29, 0.717) is 55.6 Å². The summed E-state index contributed by atoms with van der Waals surface area (Å²) in [5.41, 5.74) is 2.73. The van der Waals surface area contributed by atoms with E-state index in [1.807, 2.05) is 24.3 Å². The maximum atomic E-state index is 14.4. The number of halogens is 2. The van der Waals surface area contributed by atoms with Gasteiger partial charge in [-0.25, -0.2) is 14.6 Å². The molecule has 1 aromatic heterocycles. The number of aromatic nitrogens is 1. The Bertz CT molecular complexity index is 2220. The Labute approximate surface area is 319 Å². The summed E-state index contributed by atoms with van der Waals surface area (Å²) in [6.45, 7) is 5.48. The van der Waals surface area contributed by atoms with Gasteiger partial charge in [-0.1, -0.05) is 35.6 Å². The zero-order valence-electron chi connectivity index (χ0n) is 27.5. The minimum absolute atomic E-state index is 0.129. The Hall–Kier alpha value is -4.21. The molecule has 11 nitrogen and oxygen atoms in total. The molecule has 0 bridgehead atoms. The number of thiazole rings is 1. The van der Waals surface area contributed by atoms with E-state index in [1.165, 1.54) is 23.0 Å². The average molecular weight is 920 g/mol. The summed E-state index contributed by atoms with van der Waals surface area (Å²) in [5, 5.41) is 9.56. The van der Waals surface area contributed by atoms with E-state index in [0.717, 1.165) is 12.7 Å². The maximum Gasteiger partial charge on any atom is 0.343 e. The van der Waals surface area contributed by atoms with Gasteiger partial charge in [-0.15, -0.1) is 0 Å². The molecule has 0 aliphatic carbocycles. The number of allylic oxidation sites excluding steroid dienone is 1.